The second-order valence-electron chi connectivity index (χ2n) is 3.64. The lowest BCUT2D eigenvalue weighted by Crippen LogP contribution is -2.20. The Morgan fingerprint density at radius 2 is 2.16 bits per heavy atom. The Kier molecular flexibility index (Phi) is 8.30. The average Bonchev–Trinajstić information content (AvgIpc) is 2.34. The quantitative estimate of drug-likeness (QED) is 0.805. The molecule has 108 valence electrons. The van der Waals surface area contributed by atoms with Gasteiger partial charge in [-0.2, -0.15) is 0 Å². The van der Waals surface area contributed by atoms with Crippen LogP contribution in [0.4, 0.5) is 0 Å². The van der Waals surface area contributed by atoms with E-state index in [-0.39, 0.29) is 19.0 Å². The molecule has 1 amide bonds. The molecule has 1 rings (SSSR count). The first kappa shape index (κ1) is 17.8. The summed E-state index contributed by atoms with van der Waals surface area (Å²) in [6, 6.07) is 3.58. The van der Waals surface area contributed by atoms with E-state index in [1.54, 1.807) is 6.07 Å². The smallest absolute Gasteiger partial charge is 0.255 e. The first-order valence-electron chi connectivity index (χ1n) is 5.56. The maximum atomic E-state index is 10.7. The van der Waals surface area contributed by atoms with E-state index in [0.29, 0.717) is 23.1 Å². The molecule has 0 spiro atoms. The van der Waals surface area contributed by atoms with Crippen molar-refractivity contribution in [1.29, 1.82) is 0 Å². The first-order chi connectivity index (χ1) is 8.58. The summed E-state index contributed by atoms with van der Waals surface area (Å²) in [5.74, 6) is 0.250. The van der Waals surface area contributed by atoms with Gasteiger partial charge in [-0.05, 0) is 24.2 Å². The second kappa shape index (κ2) is 8.85. The molecule has 0 saturated heterocycles. The van der Waals surface area contributed by atoms with Crippen LogP contribution in [-0.4, -0.2) is 26.2 Å². The molecule has 0 aliphatic carbocycles. The number of benzene rings is 1. The van der Waals surface area contributed by atoms with Gasteiger partial charge in [0.15, 0.2) is 18.1 Å². The third kappa shape index (κ3) is 5.55. The van der Waals surface area contributed by atoms with Crippen LogP contribution >= 0.6 is 24.0 Å². The lowest BCUT2D eigenvalue weighted by atomic mass is 10.2. The van der Waals surface area contributed by atoms with E-state index < -0.39 is 5.91 Å². The number of carbonyl (C=O) groups excluding carboxylic acids is 1. The molecular weight excluding hydrogens is 291 g/mol. The Morgan fingerprint density at radius 1 is 1.47 bits per heavy atom. The van der Waals surface area contributed by atoms with Crippen molar-refractivity contribution in [3.8, 4) is 11.5 Å². The number of primary amides is 1. The molecule has 0 saturated carbocycles. The van der Waals surface area contributed by atoms with Gasteiger partial charge in [0.2, 0.25) is 0 Å². The lowest BCUT2D eigenvalue weighted by Gasteiger charge is -2.13. The van der Waals surface area contributed by atoms with Gasteiger partial charge >= 0.3 is 0 Å². The van der Waals surface area contributed by atoms with Crippen LogP contribution in [0.2, 0.25) is 5.02 Å². The highest BCUT2D eigenvalue weighted by Crippen LogP contribution is 2.36. The highest BCUT2D eigenvalue weighted by atomic mass is 35.5. The largest absolute Gasteiger partial charge is 0.493 e. The molecule has 0 fully saturated rings. The number of ether oxygens (including phenoxy) is 2. The van der Waals surface area contributed by atoms with E-state index in [4.69, 9.17) is 26.8 Å². The van der Waals surface area contributed by atoms with Crippen LogP contribution in [0.25, 0.3) is 0 Å². The van der Waals surface area contributed by atoms with Crippen molar-refractivity contribution in [1.82, 2.24) is 5.32 Å². The Hall–Kier alpha value is -1.17. The minimum atomic E-state index is -0.565. The van der Waals surface area contributed by atoms with Crippen molar-refractivity contribution in [2.24, 2.45) is 5.73 Å². The summed E-state index contributed by atoms with van der Waals surface area (Å²) >= 11 is 6.09. The lowest BCUT2D eigenvalue weighted by molar-refractivity contribution is -0.119. The van der Waals surface area contributed by atoms with Crippen LogP contribution in [0.5, 0.6) is 11.5 Å². The Bertz CT molecular complexity index is 428. The Balaban J connectivity index is 0.00000324. The molecule has 19 heavy (non-hydrogen) atoms. The van der Waals surface area contributed by atoms with Crippen LogP contribution in [0.1, 0.15) is 12.5 Å². The van der Waals surface area contributed by atoms with E-state index in [1.807, 2.05) is 13.0 Å². The highest BCUT2D eigenvalue weighted by Gasteiger charge is 2.12. The van der Waals surface area contributed by atoms with Crippen LogP contribution in [0.3, 0.4) is 0 Å². The van der Waals surface area contributed by atoms with Crippen LogP contribution in [0.15, 0.2) is 12.1 Å². The summed E-state index contributed by atoms with van der Waals surface area (Å²) < 4.78 is 10.4. The number of rotatable bonds is 7. The fourth-order valence-corrected chi connectivity index (χ4v) is 1.72. The fourth-order valence-electron chi connectivity index (χ4n) is 1.43. The first-order valence-corrected chi connectivity index (χ1v) is 5.94. The van der Waals surface area contributed by atoms with Gasteiger partial charge < -0.3 is 20.5 Å². The van der Waals surface area contributed by atoms with Gasteiger partial charge in [-0.1, -0.05) is 18.5 Å². The molecule has 0 bridgehead atoms. The van der Waals surface area contributed by atoms with E-state index in [9.17, 15) is 4.79 Å². The van der Waals surface area contributed by atoms with Crippen LogP contribution < -0.4 is 20.5 Å². The number of hydrogen-bond acceptors (Lipinski definition) is 4. The summed E-state index contributed by atoms with van der Waals surface area (Å²) in [6.07, 6.45) is 0. The monoisotopic (exact) mass is 308 g/mol. The van der Waals surface area contributed by atoms with Crippen LogP contribution in [-0.2, 0) is 11.3 Å². The van der Waals surface area contributed by atoms with Gasteiger partial charge in [0.25, 0.3) is 5.91 Å². The van der Waals surface area contributed by atoms with E-state index in [0.717, 1.165) is 12.1 Å². The van der Waals surface area contributed by atoms with Gasteiger partial charge in [-0.15, -0.1) is 12.4 Å². The van der Waals surface area contributed by atoms with Gasteiger partial charge in [-0.25, -0.2) is 0 Å². The Morgan fingerprint density at radius 3 is 2.68 bits per heavy atom. The molecule has 0 radical (unpaired) electrons. The molecule has 0 heterocycles. The number of halogens is 2. The normalized spacial score (nSPS) is 9.63. The maximum absolute atomic E-state index is 10.7. The molecule has 3 N–H and O–H groups in total. The number of methoxy groups -OCH3 is 1. The number of hydrogen-bond donors (Lipinski definition) is 2. The SMILES string of the molecule is CCNCc1cc(Cl)c(OCC(N)=O)c(OC)c1.Cl. The molecular formula is C12H18Cl2N2O3. The van der Waals surface area contributed by atoms with Gasteiger partial charge in [0.05, 0.1) is 12.1 Å². The summed E-state index contributed by atoms with van der Waals surface area (Å²) in [6.45, 7) is 3.33. The predicted octanol–water partition coefficient (Wildman–Crippen LogP) is 1.74. The summed E-state index contributed by atoms with van der Waals surface area (Å²) in [5.41, 5.74) is 6.00. The molecule has 0 atom stereocenters. The van der Waals surface area contributed by atoms with Gasteiger partial charge in [0.1, 0.15) is 0 Å². The molecule has 0 aliphatic heterocycles. The zero-order valence-corrected chi connectivity index (χ0v) is 12.4. The molecule has 0 aromatic heterocycles. The van der Waals surface area contributed by atoms with Gasteiger partial charge in [-0.3, -0.25) is 4.79 Å². The third-order valence-electron chi connectivity index (χ3n) is 2.23. The van der Waals surface area contributed by atoms with Crippen molar-refractivity contribution in [3.63, 3.8) is 0 Å². The molecule has 1 aromatic carbocycles. The molecule has 7 heteroatoms. The molecule has 5 nitrogen and oxygen atoms in total. The van der Waals surface area contributed by atoms with Crippen molar-refractivity contribution in [2.45, 2.75) is 13.5 Å². The highest BCUT2D eigenvalue weighted by molar-refractivity contribution is 6.32. The van der Waals surface area contributed by atoms with Crippen LogP contribution in [0, 0.1) is 0 Å². The summed E-state index contributed by atoms with van der Waals surface area (Å²) in [4.78, 5) is 10.7. The van der Waals surface area contributed by atoms with E-state index >= 15 is 0 Å². The van der Waals surface area contributed by atoms with Crippen molar-refractivity contribution < 1.29 is 14.3 Å². The second-order valence-corrected chi connectivity index (χ2v) is 4.05. The Labute approximate surface area is 123 Å². The predicted molar refractivity (Wildman–Crippen MR) is 77.3 cm³/mol. The number of nitrogens with one attached hydrogen (secondary N) is 1. The summed E-state index contributed by atoms with van der Waals surface area (Å²) in [5, 5.41) is 3.58. The third-order valence-corrected chi connectivity index (χ3v) is 2.51. The zero-order valence-electron chi connectivity index (χ0n) is 10.9. The fraction of sp³-hybridized carbons (Fsp3) is 0.417. The summed E-state index contributed by atoms with van der Waals surface area (Å²) in [7, 11) is 1.51. The van der Waals surface area contributed by atoms with E-state index in [1.165, 1.54) is 7.11 Å². The minimum absolute atomic E-state index is 0. The zero-order chi connectivity index (χ0) is 13.5. The topological polar surface area (TPSA) is 73.6 Å². The van der Waals surface area contributed by atoms with Crippen molar-refractivity contribution in [2.75, 3.05) is 20.3 Å². The minimum Gasteiger partial charge on any atom is -0.493 e. The van der Waals surface area contributed by atoms with E-state index in [2.05, 4.69) is 5.32 Å². The average molecular weight is 309 g/mol. The van der Waals surface area contributed by atoms with Gasteiger partial charge in [0, 0.05) is 6.54 Å². The standard InChI is InChI=1S/C12H17ClN2O3.ClH/c1-3-15-6-8-4-9(13)12(10(5-8)17-2)18-7-11(14)16;/h4-5,15H,3,6-7H2,1-2H3,(H2,14,16);1H. The molecule has 0 aliphatic rings. The van der Waals surface area contributed by atoms with Crippen molar-refractivity contribution >= 4 is 29.9 Å². The number of carbonyl (C=O) groups is 1. The number of amides is 1. The number of nitrogens with two attached hydrogens (primary N) is 1. The van der Waals surface area contributed by atoms with Crippen molar-refractivity contribution in [3.05, 3.63) is 22.7 Å². The maximum Gasteiger partial charge on any atom is 0.255 e. The molecule has 0 unspecified atom stereocenters. The molecule has 1 aromatic rings.